The minimum absolute atomic E-state index is 0.147. The number of benzene rings is 2. The maximum atomic E-state index is 13.0. The van der Waals surface area contributed by atoms with Gasteiger partial charge in [0.2, 0.25) is 5.91 Å². The lowest BCUT2D eigenvalue weighted by atomic mass is 10.2. The van der Waals surface area contributed by atoms with E-state index in [1.807, 2.05) is 62.4 Å². The molecule has 7 nitrogen and oxygen atoms in total. The van der Waals surface area contributed by atoms with Gasteiger partial charge in [-0.05, 0) is 44.5 Å². The summed E-state index contributed by atoms with van der Waals surface area (Å²) in [6.45, 7) is 5.97. The van der Waals surface area contributed by atoms with E-state index in [1.165, 1.54) is 10.8 Å². The van der Waals surface area contributed by atoms with E-state index < -0.39 is 0 Å². The van der Waals surface area contributed by atoms with Gasteiger partial charge in [0.05, 0.1) is 11.9 Å². The molecule has 0 fully saturated rings. The van der Waals surface area contributed by atoms with Crippen molar-refractivity contribution < 1.29 is 4.79 Å². The van der Waals surface area contributed by atoms with Crippen LogP contribution in [0.25, 0.3) is 16.7 Å². The van der Waals surface area contributed by atoms with Crippen LogP contribution in [0.15, 0.2) is 59.5 Å². The van der Waals surface area contributed by atoms with E-state index in [0.717, 1.165) is 22.5 Å². The third-order valence-electron chi connectivity index (χ3n) is 5.14. The van der Waals surface area contributed by atoms with E-state index in [0.29, 0.717) is 16.9 Å². The fourth-order valence-electron chi connectivity index (χ4n) is 3.38. The van der Waals surface area contributed by atoms with Crippen molar-refractivity contribution in [1.29, 1.82) is 0 Å². The summed E-state index contributed by atoms with van der Waals surface area (Å²) in [6, 6.07) is 15.5. The first-order valence-electron chi connectivity index (χ1n) is 9.82. The molecule has 4 aromatic rings. The van der Waals surface area contributed by atoms with Crippen molar-refractivity contribution in [1.82, 2.24) is 19.3 Å². The summed E-state index contributed by atoms with van der Waals surface area (Å²) in [7, 11) is 0. The zero-order valence-corrected chi connectivity index (χ0v) is 17.2. The highest BCUT2D eigenvalue weighted by Gasteiger charge is 2.15. The number of rotatable bonds is 5. The summed E-state index contributed by atoms with van der Waals surface area (Å²) < 4.78 is 3.19. The van der Waals surface area contributed by atoms with Crippen molar-refractivity contribution in [3.63, 3.8) is 0 Å². The van der Waals surface area contributed by atoms with Crippen molar-refractivity contribution in [3.8, 4) is 5.69 Å². The van der Waals surface area contributed by atoms with Gasteiger partial charge in [0.15, 0.2) is 5.65 Å². The Hall–Kier alpha value is -3.74. The molecule has 0 atom stereocenters. The van der Waals surface area contributed by atoms with Crippen LogP contribution in [-0.2, 0) is 11.3 Å². The molecule has 0 saturated carbocycles. The van der Waals surface area contributed by atoms with Crippen molar-refractivity contribution in [2.75, 3.05) is 5.32 Å². The molecule has 2 aromatic heterocycles. The minimum atomic E-state index is -0.195. The van der Waals surface area contributed by atoms with Crippen LogP contribution in [0.2, 0.25) is 0 Å². The second-order valence-electron chi connectivity index (χ2n) is 7.36. The highest BCUT2D eigenvalue weighted by Crippen LogP contribution is 2.16. The Bertz CT molecular complexity index is 1290. The van der Waals surface area contributed by atoms with Gasteiger partial charge in [-0.3, -0.25) is 14.2 Å². The molecule has 152 valence electrons. The lowest BCUT2D eigenvalue weighted by Crippen LogP contribution is -2.26. The second-order valence-corrected chi connectivity index (χ2v) is 7.36. The summed E-state index contributed by atoms with van der Waals surface area (Å²) in [6.07, 6.45) is 1.71. The number of nitrogens with zero attached hydrogens (tertiary/aromatic N) is 4. The molecule has 30 heavy (non-hydrogen) atoms. The molecule has 1 N–H and O–H groups in total. The molecule has 0 unspecified atom stereocenters. The summed E-state index contributed by atoms with van der Waals surface area (Å²) in [5.41, 5.74) is 4.08. The van der Waals surface area contributed by atoms with E-state index in [4.69, 9.17) is 0 Å². The van der Waals surface area contributed by atoms with Crippen LogP contribution >= 0.6 is 0 Å². The predicted molar refractivity (Wildman–Crippen MR) is 117 cm³/mol. The van der Waals surface area contributed by atoms with Crippen LogP contribution in [0.1, 0.15) is 23.4 Å². The topological polar surface area (TPSA) is 81.8 Å². The number of nitrogens with one attached hydrogen (secondary N) is 1. The molecule has 0 spiro atoms. The third kappa shape index (κ3) is 3.74. The van der Waals surface area contributed by atoms with Crippen LogP contribution in [-0.4, -0.2) is 25.2 Å². The number of fused-ring (bicyclic) bond motifs is 1. The number of aryl methyl sites for hydroxylation is 3. The van der Waals surface area contributed by atoms with E-state index in [9.17, 15) is 9.59 Å². The maximum Gasteiger partial charge on any atom is 0.264 e. The molecular weight excluding hydrogens is 378 g/mol. The summed E-state index contributed by atoms with van der Waals surface area (Å²) in [4.78, 5) is 30.0. The molecular formula is C23H23N5O2. The van der Waals surface area contributed by atoms with Gasteiger partial charge in [0, 0.05) is 18.7 Å². The van der Waals surface area contributed by atoms with E-state index in [1.54, 1.807) is 11.6 Å². The molecule has 0 radical (unpaired) electrons. The first-order valence-corrected chi connectivity index (χ1v) is 9.82. The van der Waals surface area contributed by atoms with Crippen LogP contribution in [0.3, 0.4) is 0 Å². The molecule has 0 saturated heterocycles. The Labute approximate surface area is 174 Å². The van der Waals surface area contributed by atoms with Crippen LogP contribution in [0.5, 0.6) is 0 Å². The highest BCUT2D eigenvalue weighted by atomic mass is 16.2. The number of carbonyl (C=O) groups is 1. The number of para-hydroxylation sites is 1. The summed E-state index contributed by atoms with van der Waals surface area (Å²) >= 11 is 0. The lowest BCUT2D eigenvalue weighted by molar-refractivity contribution is -0.116. The molecule has 0 aliphatic heterocycles. The summed E-state index contributed by atoms with van der Waals surface area (Å²) in [5.74, 6) is 0.399. The average Bonchev–Trinajstić information content (AvgIpc) is 3.14. The van der Waals surface area contributed by atoms with Gasteiger partial charge in [-0.15, -0.1) is 0 Å². The molecule has 7 heteroatoms. The summed E-state index contributed by atoms with van der Waals surface area (Å²) in [5, 5.41) is 7.69. The van der Waals surface area contributed by atoms with Crippen LogP contribution in [0, 0.1) is 20.8 Å². The first-order chi connectivity index (χ1) is 14.4. The smallest absolute Gasteiger partial charge is 0.264 e. The fourth-order valence-corrected chi connectivity index (χ4v) is 3.38. The quantitative estimate of drug-likeness (QED) is 0.555. The standard InChI is InChI=1S/C23H23N5O2/c1-15-8-10-18(11-9-15)28-22-19(14-24-28)23(30)27(17(3)25-22)13-12-21(29)26-20-7-5-4-6-16(20)2/h4-11,14H,12-13H2,1-3H3,(H,26,29). The second kappa shape index (κ2) is 7.94. The van der Waals surface area contributed by atoms with Gasteiger partial charge in [-0.25, -0.2) is 9.67 Å². The van der Waals surface area contributed by atoms with Gasteiger partial charge in [0.1, 0.15) is 11.2 Å². The lowest BCUT2D eigenvalue weighted by Gasteiger charge is -2.11. The van der Waals surface area contributed by atoms with E-state index in [2.05, 4.69) is 15.4 Å². The van der Waals surface area contributed by atoms with Gasteiger partial charge in [-0.2, -0.15) is 5.10 Å². The molecule has 4 rings (SSSR count). The number of carbonyl (C=O) groups excluding carboxylic acids is 1. The SMILES string of the molecule is Cc1ccc(-n2ncc3c(=O)n(CCC(=O)Nc4ccccc4C)c(C)nc32)cc1. The Balaban J connectivity index is 1.58. The van der Waals surface area contributed by atoms with Gasteiger partial charge >= 0.3 is 0 Å². The molecule has 2 heterocycles. The Morgan fingerprint density at radius 2 is 1.77 bits per heavy atom. The van der Waals surface area contributed by atoms with E-state index >= 15 is 0 Å². The number of hydrogen-bond acceptors (Lipinski definition) is 4. The number of anilines is 1. The van der Waals surface area contributed by atoms with E-state index in [-0.39, 0.29) is 24.4 Å². The highest BCUT2D eigenvalue weighted by molar-refractivity contribution is 5.91. The number of hydrogen-bond donors (Lipinski definition) is 1. The van der Waals surface area contributed by atoms with Gasteiger partial charge < -0.3 is 5.32 Å². The third-order valence-corrected chi connectivity index (χ3v) is 5.14. The van der Waals surface area contributed by atoms with Crippen molar-refractivity contribution in [2.45, 2.75) is 33.7 Å². The Kier molecular flexibility index (Phi) is 5.18. The molecule has 0 bridgehead atoms. The Morgan fingerprint density at radius 1 is 1.03 bits per heavy atom. The fraction of sp³-hybridized carbons (Fsp3) is 0.217. The van der Waals surface area contributed by atoms with Crippen LogP contribution in [0.4, 0.5) is 5.69 Å². The molecule has 0 aliphatic rings. The average molecular weight is 401 g/mol. The van der Waals surface area contributed by atoms with Crippen molar-refractivity contribution in [3.05, 3.63) is 82.0 Å². The predicted octanol–water partition coefficient (Wildman–Crippen LogP) is 3.54. The maximum absolute atomic E-state index is 13.0. The molecule has 1 amide bonds. The normalized spacial score (nSPS) is 11.0. The van der Waals surface area contributed by atoms with Crippen molar-refractivity contribution in [2.24, 2.45) is 0 Å². The number of amides is 1. The van der Waals surface area contributed by atoms with Gasteiger partial charge in [0.25, 0.3) is 5.56 Å². The molecule has 0 aliphatic carbocycles. The van der Waals surface area contributed by atoms with Gasteiger partial charge in [-0.1, -0.05) is 35.9 Å². The number of aromatic nitrogens is 4. The monoisotopic (exact) mass is 401 g/mol. The first kappa shape index (κ1) is 19.6. The zero-order chi connectivity index (χ0) is 21.3. The minimum Gasteiger partial charge on any atom is -0.326 e. The largest absolute Gasteiger partial charge is 0.326 e. The van der Waals surface area contributed by atoms with Crippen LogP contribution < -0.4 is 10.9 Å². The van der Waals surface area contributed by atoms with Crippen molar-refractivity contribution >= 4 is 22.6 Å². The zero-order valence-electron chi connectivity index (χ0n) is 17.2. The molecule has 2 aromatic carbocycles. The Morgan fingerprint density at radius 3 is 2.50 bits per heavy atom.